The summed E-state index contributed by atoms with van der Waals surface area (Å²) in [5, 5.41) is 11.4. The number of aromatic nitrogens is 1. The second-order valence-electron chi connectivity index (χ2n) is 6.63. The zero-order valence-corrected chi connectivity index (χ0v) is 14.5. The van der Waals surface area contributed by atoms with E-state index in [1.807, 2.05) is 4.90 Å². The number of ether oxygens (including phenoxy) is 1. The van der Waals surface area contributed by atoms with E-state index < -0.39 is 10.9 Å². The molecule has 1 saturated heterocycles. The molecule has 2 aliphatic rings. The summed E-state index contributed by atoms with van der Waals surface area (Å²) in [6, 6.07) is 1.90. The van der Waals surface area contributed by atoms with Crippen LogP contribution in [0.2, 0.25) is 0 Å². The van der Waals surface area contributed by atoms with Gasteiger partial charge in [-0.3, -0.25) is 15.0 Å². The minimum absolute atomic E-state index is 0.0961. The molecule has 1 aliphatic heterocycles. The van der Waals surface area contributed by atoms with Crippen LogP contribution in [0, 0.1) is 10.1 Å². The lowest BCUT2D eigenvalue weighted by molar-refractivity contribution is -0.384. The van der Waals surface area contributed by atoms with Crippen LogP contribution < -0.4 is 4.90 Å². The molecule has 3 rings (SSSR count). The maximum atomic E-state index is 11.6. The predicted octanol–water partition coefficient (Wildman–Crippen LogP) is 2.23. The molecular formula is C17H24N4O4. The van der Waals surface area contributed by atoms with E-state index in [1.165, 1.54) is 51.5 Å². The normalized spacial score (nSPS) is 19.6. The Morgan fingerprint density at radius 3 is 2.52 bits per heavy atom. The second kappa shape index (κ2) is 7.77. The van der Waals surface area contributed by atoms with Crippen LogP contribution in [0.3, 0.4) is 0 Å². The minimum Gasteiger partial charge on any atom is -0.465 e. The van der Waals surface area contributed by atoms with Gasteiger partial charge >= 0.3 is 11.7 Å². The molecule has 0 bridgehead atoms. The van der Waals surface area contributed by atoms with Crippen LogP contribution in [-0.4, -0.2) is 60.1 Å². The highest BCUT2D eigenvalue weighted by molar-refractivity contribution is 5.90. The smallest absolute Gasteiger partial charge is 0.339 e. The van der Waals surface area contributed by atoms with Gasteiger partial charge in [0.05, 0.1) is 17.6 Å². The number of esters is 1. The van der Waals surface area contributed by atoms with Crippen molar-refractivity contribution in [2.75, 3.05) is 38.2 Å². The van der Waals surface area contributed by atoms with Gasteiger partial charge < -0.3 is 9.64 Å². The molecule has 136 valence electrons. The number of rotatable bonds is 4. The van der Waals surface area contributed by atoms with E-state index in [0.29, 0.717) is 24.9 Å². The SMILES string of the molecule is COC(=O)c1cnc(N2CCN(C3CCCCC3)CC2)c([N+](=O)[O-])c1. The fourth-order valence-electron chi connectivity index (χ4n) is 3.80. The molecule has 0 spiro atoms. The first-order valence-electron chi connectivity index (χ1n) is 8.82. The molecule has 0 atom stereocenters. The summed E-state index contributed by atoms with van der Waals surface area (Å²) in [4.78, 5) is 31.2. The van der Waals surface area contributed by atoms with Crippen molar-refractivity contribution in [3.63, 3.8) is 0 Å². The number of carbonyl (C=O) groups is 1. The van der Waals surface area contributed by atoms with Gasteiger partial charge in [-0.2, -0.15) is 0 Å². The third-order valence-corrected chi connectivity index (χ3v) is 5.17. The first-order valence-corrected chi connectivity index (χ1v) is 8.82. The Morgan fingerprint density at radius 1 is 1.24 bits per heavy atom. The summed E-state index contributed by atoms with van der Waals surface area (Å²) in [5.74, 6) is -0.287. The van der Waals surface area contributed by atoms with Gasteiger partial charge in [0, 0.05) is 44.5 Å². The zero-order chi connectivity index (χ0) is 17.8. The standard InChI is InChI=1S/C17H24N4O4/c1-25-17(22)13-11-15(21(23)24)16(18-12-13)20-9-7-19(8-10-20)14-5-3-2-4-6-14/h11-12,14H,2-10H2,1H3. The predicted molar refractivity (Wildman–Crippen MR) is 92.9 cm³/mol. The molecule has 8 nitrogen and oxygen atoms in total. The Morgan fingerprint density at radius 2 is 1.92 bits per heavy atom. The largest absolute Gasteiger partial charge is 0.465 e. The number of pyridine rings is 1. The lowest BCUT2D eigenvalue weighted by Crippen LogP contribution is -2.51. The van der Waals surface area contributed by atoms with E-state index >= 15 is 0 Å². The summed E-state index contributed by atoms with van der Waals surface area (Å²) >= 11 is 0. The maximum Gasteiger partial charge on any atom is 0.339 e. The fourth-order valence-corrected chi connectivity index (χ4v) is 3.80. The third kappa shape index (κ3) is 3.89. The minimum atomic E-state index is -0.621. The third-order valence-electron chi connectivity index (χ3n) is 5.17. The molecule has 2 heterocycles. The van der Waals surface area contributed by atoms with Crippen molar-refractivity contribution in [3.05, 3.63) is 27.9 Å². The molecular weight excluding hydrogens is 324 g/mol. The van der Waals surface area contributed by atoms with Crippen LogP contribution in [0.4, 0.5) is 11.5 Å². The van der Waals surface area contributed by atoms with Crippen molar-refractivity contribution in [3.8, 4) is 0 Å². The topological polar surface area (TPSA) is 88.8 Å². The van der Waals surface area contributed by atoms with E-state index in [4.69, 9.17) is 0 Å². The molecule has 1 saturated carbocycles. The van der Waals surface area contributed by atoms with Crippen LogP contribution in [0.25, 0.3) is 0 Å². The van der Waals surface area contributed by atoms with Gasteiger partial charge in [0.2, 0.25) is 5.82 Å². The van der Waals surface area contributed by atoms with Gasteiger partial charge in [-0.15, -0.1) is 0 Å². The van der Waals surface area contributed by atoms with Crippen molar-refractivity contribution >= 4 is 17.5 Å². The number of hydrogen-bond donors (Lipinski definition) is 0. The van der Waals surface area contributed by atoms with Crippen molar-refractivity contribution < 1.29 is 14.5 Å². The first-order chi connectivity index (χ1) is 12.1. The van der Waals surface area contributed by atoms with Crippen molar-refractivity contribution in [1.29, 1.82) is 0 Å². The number of piperazine rings is 1. The molecule has 0 aromatic carbocycles. The van der Waals surface area contributed by atoms with Gasteiger partial charge in [-0.25, -0.2) is 9.78 Å². The molecule has 25 heavy (non-hydrogen) atoms. The molecule has 8 heteroatoms. The van der Waals surface area contributed by atoms with Gasteiger partial charge in [0.15, 0.2) is 0 Å². The quantitative estimate of drug-likeness (QED) is 0.468. The molecule has 0 unspecified atom stereocenters. The summed E-state index contributed by atoms with van der Waals surface area (Å²) < 4.78 is 4.62. The molecule has 1 aliphatic carbocycles. The van der Waals surface area contributed by atoms with E-state index in [1.54, 1.807) is 0 Å². The molecule has 0 radical (unpaired) electrons. The average Bonchev–Trinajstić information content (AvgIpc) is 2.67. The van der Waals surface area contributed by atoms with Crippen molar-refractivity contribution in [2.24, 2.45) is 0 Å². The first kappa shape index (κ1) is 17.6. The van der Waals surface area contributed by atoms with E-state index in [-0.39, 0.29) is 11.3 Å². The van der Waals surface area contributed by atoms with Gasteiger partial charge in [0.25, 0.3) is 0 Å². The molecule has 0 amide bonds. The summed E-state index contributed by atoms with van der Waals surface area (Å²) in [7, 11) is 1.24. The van der Waals surface area contributed by atoms with Crippen LogP contribution in [-0.2, 0) is 4.74 Å². The molecule has 1 aromatic heterocycles. The number of nitrogens with zero attached hydrogens (tertiary/aromatic N) is 4. The second-order valence-corrected chi connectivity index (χ2v) is 6.63. The van der Waals surface area contributed by atoms with Crippen molar-refractivity contribution in [1.82, 2.24) is 9.88 Å². The highest BCUT2D eigenvalue weighted by Gasteiger charge is 2.29. The Kier molecular flexibility index (Phi) is 5.47. The van der Waals surface area contributed by atoms with Gasteiger partial charge in [-0.1, -0.05) is 19.3 Å². The molecule has 1 aromatic rings. The molecule has 0 N–H and O–H groups in total. The van der Waals surface area contributed by atoms with Gasteiger partial charge in [0.1, 0.15) is 0 Å². The number of hydrogen-bond acceptors (Lipinski definition) is 7. The zero-order valence-electron chi connectivity index (χ0n) is 14.5. The number of carbonyl (C=O) groups excluding carboxylic acids is 1. The highest BCUT2D eigenvalue weighted by atomic mass is 16.6. The Balaban J connectivity index is 1.71. The summed E-state index contributed by atoms with van der Waals surface area (Å²) in [5.41, 5.74) is -0.0483. The van der Waals surface area contributed by atoms with Crippen molar-refractivity contribution in [2.45, 2.75) is 38.1 Å². The number of methoxy groups -OCH3 is 1. The average molecular weight is 348 g/mol. The van der Waals surface area contributed by atoms with E-state index in [9.17, 15) is 14.9 Å². The highest BCUT2D eigenvalue weighted by Crippen LogP contribution is 2.29. The van der Waals surface area contributed by atoms with E-state index in [0.717, 1.165) is 13.1 Å². The van der Waals surface area contributed by atoms with Crippen LogP contribution in [0.15, 0.2) is 12.3 Å². The van der Waals surface area contributed by atoms with E-state index in [2.05, 4.69) is 14.6 Å². The Labute approximate surface area is 146 Å². The van der Waals surface area contributed by atoms with Crippen LogP contribution in [0.1, 0.15) is 42.5 Å². The fraction of sp³-hybridized carbons (Fsp3) is 0.647. The lowest BCUT2D eigenvalue weighted by atomic mass is 9.94. The Hall–Kier alpha value is -2.22. The monoisotopic (exact) mass is 348 g/mol. The lowest BCUT2D eigenvalue weighted by Gasteiger charge is -2.40. The number of anilines is 1. The van der Waals surface area contributed by atoms with Gasteiger partial charge in [-0.05, 0) is 12.8 Å². The number of nitro groups is 1. The summed E-state index contributed by atoms with van der Waals surface area (Å²) in [6.45, 7) is 3.20. The van der Waals surface area contributed by atoms with Crippen LogP contribution in [0.5, 0.6) is 0 Å². The summed E-state index contributed by atoms with van der Waals surface area (Å²) in [6.07, 6.45) is 7.79. The molecule has 2 fully saturated rings. The van der Waals surface area contributed by atoms with Crippen LogP contribution >= 0.6 is 0 Å². The Bertz CT molecular complexity index is 638. The maximum absolute atomic E-state index is 11.6.